The van der Waals surface area contributed by atoms with Crippen molar-refractivity contribution >= 4 is 5.97 Å². The summed E-state index contributed by atoms with van der Waals surface area (Å²) >= 11 is 0. The van der Waals surface area contributed by atoms with Crippen molar-refractivity contribution in [1.82, 2.24) is 0 Å². The summed E-state index contributed by atoms with van der Waals surface area (Å²) < 4.78 is 25.2. The maximum Gasteiger partial charge on any atom is 1.00 e. The van der Waals surface area contributed by atoms with E-state index in [1.54, 1.807) is 0 Å². The molecule has 13 heavy (non-hydrogen) atoms. The van der Waals surface area contributed by atoms with Crippen molar-refractivity contribution in [2.45, 2.75) is 5.92 Å². The van der Waals surface area contributed by atoms with E-state index in [0.717, 1.165) is 12.1 Å². The van der Waals surface area contributed by atoms with Crippen LogP contribution >= 0.6 is 0 Å². The second kappa shape index (κ2) is 4.51. The van der Waals surface area contributed by atoms with Crippen molar-refractivity contribution in [3.05, 3.63) is 35.9 Å². The van der Waals surface area contributed by atoms with Gasteiger partial charge >= 0.3 is 28.3 Å². The smallest absolute Gasteiger partial charge is 0.544 e. The van der Waals surface area contributed by atoms with Gasteiger partial charge in [0, 0.05) is 5.56 Å². The summed E-state index contributed by atoms with van der Waals surface area (Å²) in [5.41, 5.74) is -0.565. The summed E-state index contributed by atoms with van der Waals surface area (Å²) in [7, 11) is 0. The number of carboxylic acids is 1. The molecule has 0 aromatic heterocycles. The number of carbonyl (C=O) groups excluding carboxylic acids is 1. The number of hydrogen-bond acceptors (Lipinski definition) is 2. The Morgan fingerprint density at radius 1 is 1.23 bits per heavy atom. The first-order chi connectivity index (χ1) is 5.55. The van der Waals surface area contributed by atoms with Gasteiger partial charge < -0.3 is 9.90 Å². The van der Waals surface area contributed by atoms with Crippen molar-refractivity contribution in [2.24, 2.45) is 0 Å². The predicted molar refractivity (Wildman–Crippen MR) is 35.3 cm³/mol. The Morgan fingerprint density at radius 3 is 2.08 bits per heavy atom. The normalized spacial score (nSPS) is 10.3. The monoisotopic (exact) mass is 278 g/mol. The maximum absolute atomic E-state index is 12.6. The van der Waals surface area contributed by atoms with Crippen LogP contribution in [-0.4, -0.2) is 5.97 Å². The molecule has 0 bridgehead atoms. The fourth-order valence-corrected chi connectivity index (χ4v) is 0.765. The van der Waals surface area contributed by atoms with Gasteiger partial charge in [-0.05, 0) is 0 Å². The third-order valence-electron chi connectivity index (χ3n) is 1.39. The Hall–Kier alpha value is -0.710. The van der Waals surface area contributed by atoms with Gasteiger partial charge in [-0.1, -0.05) is 30.3 Å². The fourth-order valence-electron chi connectivity index (χ4n) is 0.765. The van der Waals surface area contributed by atoms with E-state index in [0.29, 0.717) is 0 Å². The molecule has 0 atom stereocenters. The van der Waals surface area contributed by atoms with Crippen LogP contribution in [0, 0.1) is 0 Å². The molecule has 0 aliphatic carbocycles. The molecule has 74 valence electrons. The summed E-state index contributed by atoms with van der Waals surface area (Å²) in [6.45, 7) is 0. The van der Waals surface area contributed by atoms with Gasteiger partial charge in [0.2, 0.25) is 0 Å². The van der Waals surface area contributed by atoms with Gasteiger partial charge in [-0.3, -0.25) is 0 Å². The largest absolute Gasteiger partial charge is 1.00 e. The first-order valence-electron chi connectivity index (χ1n) is 3.20. The second-order valence-corrected chi connectivity index (χ2v) is 2.23. The minimum Gasteiger partial charge on any atom is -0.544 e. The van der Waals surface area contributed by atoms with Gasteiger partial charge in [-0.25, -0.2) is 0 Å². The molecule has 1 aromatic carbocycles. The van der Waals surface area contributed by atoms with Gasteiger partial charge in [0.05, 0.1) is 0 Å². The Bertz CT molecular complexity index is 287. The summed E-state index contributed by atoms with van der Waals surface area (Å²) in [5, 5.41) is 9.96. The van der Waals surface area contributed by atoms with Crippen LogP contribution in [0.1, 0.15) is 5.56 Å². The minimum absolute atomic E-state index is 0. The van der Waals surface area contributed by atoms with Crippen LogP contribution in [0.25, 0.3) is 0 Å². The van der Waals surface area contributed by atoms with Gasteiger partial charge in [-0.15, -0.1) is 0 Å². The van der Waals surface area contributed by atoms with Crippen molar-refractivity contribution in [3.63, 3.8) is 0 Å². The van der Waals surface area contributed by atoms with E-state index in [9.17, 15) is 18.7 Å². The average Bonchev–Trinajstić information content (AvgIpc) is 2.06. The molecule has 0 heterocycles. The Kier molecular flexibility index (Phi) is 4.26. The van der Waals surface area contributed by atoms with E-state index >= 15 is 0 Å². The molecule has 5 heteroatoms. The van der Waals surface area contributed by atoms with E-state index in [2.05, 4.69) is 0 Å². The zero-order valence-corrected chi connectivity index (χ0v) is 7.74. The molecule has 0 aliphatic rings. The molecule has 1 aromatic rings. The van der Waals surface area contributed by atoms with Crippen LogP contribution in [-0.2, 0) is 33.1 Å². The third kappa shape index (κ3) is 2.62. The molecule has 0 saturated heterocycles. The van der Waals surface area contributed by atoms with Crippen LogP contribution in [0.15, 0.2) is 30.3 Å². The summed E-state index contributed by atoms with van der Waals surface area (Å²) in [4.78, 5) is 9.96. The molecule has 0 radical (unpaired) electrons. The zero-order valence-electron chi connectivity index (χ0n) is 6.26. The Balaban J connectivity index is 0.00000144. The summed E-state index contributed by atoms with van der Waals surface area (Å²) in [5.74, 6) is -6.28. The number of halogens is 2. The molecule has 0 saturated carbocycles. The van der Waals surface area contributed by atoms with Gasteiger partial charge in [0.25, 0.3) is 0 Å². The predicted octanol–water partition coefficient (Wildman–Crippen LogP) is 0.526. The van der Waals surface area contributed by atoms with E-state index in [-0.39, 0.29) is 22.4 Å². The van der Waals surface area contributed by atoms with Crippen LogP contribution < -0.4 is 5.11 Å². The van der Waals surface area contributed by atoms with Crippen molar-refractivity contribution in [1.29, 1.82) is 0 Å². The minimum atomic E-state index is -3.90. The van der Waals surface area contributed by atoms with Crippen LogP contribution in [0.4, 0.5) is 8.78 Å². The molecule has 2 nitrogen and oxygen atoms in total. The standard InChI is InChI=1S/C8H6F2O2.Ag/c9-8(10,7(11)12)6-4-2-1-3-5-6;/h1-5H,(H,11,12);/q;+1/p-1. The van der Waals surface area contributed by atoms with E-state index in [1.165, 1.54) is 18.2 Å². The zero-order chi connectivity index (χ0) is 9.19. The number of alkyl halides is 2. The second-order valence-electron chi connectivity index (χ2n) is 2.23. The first kappa shape index (κ1) is 12.3. The van der Waals surface area contributed by atoms with Crippen molar-refractivity contribution in [2.75, 3.05) is 0 Å². The maximum atomic E-state index is 12.6. The van der Waals surface area contributed by atoms with Crippen LogP contribution in [0.3, 0.4) is 0 Å². The summed E-state index contributed by atoms with van der Waals surface area (Å²) in [6, 6.07) is 6.28. The fraction of sp³-hybridized carbons (Fsp3) is 0.125. The molecule has 1 rings (SSSR count). The Labute approximate surface area is 89.1 Å². The first-order valence-corrected chi connectivity index (χ1v) is 3.20. The van der Waals surface area contributed by atoms with Gasteiger partial charge in [-0.2, -0.15) is 8.78 Å². The van der Waals surface area contributed by atoms with E-state index < -0.39 is 17.5 Å². The molecule has 0 amide bonds. The molecule has 0 N–H and O–H groups in total. The molecule has 0 aliphatic heterocycles. The van der Waals surface area contributed by atoms with Gasteiger partial charge in [0.1, 0.15) is 5.97 Å². The number of benzene rings is 1. The molecule has 0 spiro atoms. The van der Waals surface area contributed by atoms with E-state index in [4.69, 9.17) is 0 Å². The number of carbonyl (C=O) groups is 1. The van der Waals surface area contributed by atoms with Crippen LogP contribution in [0.5, 0.6) is 0 Å². The quantitative estimate of drug-likeness (QED) is 0.741. The average molecular weight is 279 g/mol. The van der Waals surface area contributed by atoms with Crippen molar-refractivity contribution < 1.29 is 41.1 Å². The molecule has 0 fully saturated rings. The number of hydrogen-bond donors (Lipinski definition) is 0. The molecular weight excluding hydrogens is 274 g/mol. The SMILES string of the molecule is O=C([O-])C(F)(F)c1ccccc1.[Ag+]. The van der Waals surface area contributed by atoms with Crippen LogP contribution in [0.2, 0.25) is 0 Å². The Morgan fingerprint density at radius 2 is 1.69 bits per heavy atom. The number of aliphatic carboxylic acids is 1. The number of carboxylic acid groups (broad SMARTS) is 1. The van der Waals surface area contributed by atoms with Gasteiger partial charge in [0.15, 0.2) is 0 Å². The third-order valence-corrected chi connectivity index (χ3v) is 1.39. The number of rotatable bonds is 2. The topological polar surface area (TPSA) is 40.1 Å². The van der Waals surface area contributed by atoms with E-state index in [1.807, 2.05) is 0 Å². The molecular formula is C8H5AgF2O2. The molecule has 0 unspecified atom stereocenters. The summed E-state index contributed by atoms with van der Waals surface area (Å²) in [6.07, 6.45) is 0. The van der Waals surface area contributed by atoms with Crippen molar-refractivity contribution in [3.8, 4) is 0 Å².